The van der Waals surface area contributed by atoms with E-state index in [9.17, 15) is 14.7 Å². The Bertz CT molecular complexity index is 627. The second kappa shape index (κ2) is 6.73. The second-order valence-corrected chi connectivity index (χ2v) is 6.10. The number of aromatic hydroxyl groups is 1. The highest BCUT2D eigenvalue weighted by atomic mass is 32.2. The molecule has 110 valence electrons. The minimum absolute atomic E-state index is 0.00264. The molecule has 1 aliphatic heterocycles. The van der Waals surface area contributed by atoms with Gasteiger partial charge in [-0.1, -0.05) is 36.1 Å². The van der Waals surface area contributed by atoms with Crippen molar-refractivity contribution in [2.75, 3.05) is 6.54 Å². The van der Waals surface area contributed by atoms with Crippen molar-refractivity contribution in [3.8, 4) is 5.75 Å². The molecule has 1 heterocycles. The fraction of sp³-hybridized carbons (Fsp3) is 0.214. The number of hydrogen-bond acceptors (Lipinski definition) is 5. The minimum atomic E-state index is -0.893. The van der Waals surface area contributed by atoms with Gasteiger partial charge in [0.25, 0.3) is 5.91 Å². The number of aliphatic carboxylic acids is 1. The molecule has 1 fully saturated rings. The number of carbonyl (C=O) groups excluding carboxylic acids is 1. The smallest absolute Gasteiger partial charge is 0.303 e. The molecule has 1 aliphatic rings. The lowest BCUT2D eigenvalue weighted by Crippen LogP contribution is -2.29. The largest absolute Gasteiger partial charge is 0.508 e. The summed E-state index contributed by atoms with van der Waals surface area (Å²) < 4.78 is 0.428. The summed E-state index contributed by atoms with van der Waals surface area (Å²) in [7, 11) is 0. The quantitative estimate of drug-likeness (QED) is 0.640. The van der Waals surface area contributed by atoms with Gasteiger partial charge in [0, 0.05) is 13.0 Å². The number of amides is 1. The van der Waals surface area contributed by atoms with Crippen LogP contribution in [-0.2, 0) is 9.59 Å². The molecule has 5 nitrogen and oxygen atoms in total. The molecule has 0 aromatic heterocycles. The Morgan fingerprint density at radius 2 is 2.19 bits per heavy atom. The van der Waals surface area contributed by atoms with Gasteiger partial charge in [0.2, 0.25) is 0 Å². The van der Waals surface area contributed by atoms with E-state index in [2.05, 4.69) is 0 Å². The summed E-state index contributed by atoms with van der Waals surface area (Å²) in [5, 5.41) is 18.0. The SMILES string of the molecule is O=C(O)CCCN1C(=O)/C(=C\c2cccc(O)c2)SC1=S. The third-order valence-corrected chi connectivity index (χ3v) is 4.19. The van der Waals surface area contributed by atoms with Gasteiger partial charge >= 0.3 is 5.97 Å². The fourth-order valence-electron chi connectivity index (χ4n) is 1.85. The number of phenols is 1. The maximum atomic E-state index is 12.2. The third kappa shape index (κ3) is 4.05. The van der Waals surface area contributed by atoms with E-state index in [0.717, 1.165) is 0 Å². The van der Waals surface area contributed by atoms with Crippen LogP contribution in [0.2, 0.25) is 0 Å². The average molecular weight is 323 g/mol. The molecule has 0 bridgehead atoms. The third-order valence-electron chi connectivity index (χ3n) is 2.81. The van der Waals surface area contributed by atoms with Crippen LogP contribution in [0.3, 0.4) is 0 Å². The molecule has 2 N–H and O–H groups in total. The number of carbonyl (C=O) groups is 2. The van der Waals surface area contributed by atoms with E-state index in [4.69, 9.17) is 17.3 Å². The molecule has 0 spiro atoms. The van der Waals surface area contributed by atoms with Crippen molar-refractivity contribution in [3.63, 3.8) is 0 Å². The van der Waals surface area contributed by atoms with Gasteiger partial charge < -0.3 is 10.2 Å². The minimum Gasteiger partial charge on any atom is -0.508 e. The monoisotopic (exact) mass is 323 g/mol. The van der Waals surface area contributed by atoms with Crippen molar-refractivity contribution in [2.45, 2.75) is 12.8 Å². The van der Waals surface area contributed by atoms with Crippen LogP contribution in [0.5, 0.6) is 5.75 Å². The zero-order valence-electron chi connectivity index (χ0n) is 11.0. The van der Waals surface area contributed by atoms with E-state index >= 15 is 0 Å². The lowest BCUT2D eigenvalue weighted by molar-refractivity contribution is -0.137. The van der Waals surface area contributed by atoms with Gasteiger partial charge in [-0.2, -0.15) is 0 Å². The van der Waals surface area contributed by atoms with E-state index in [-0.39, 0.29) is 18.1 Å². The number of nitrogens with zero attached hydrogens (tertiary/aromatic N) is 1. The van der Waals surface area contributed by atoms with Gasteiger partial charge in [0.1, 0.15) is 10.1 Å². The van der Waals surface area contributed by atoms with Crippen molar-refractivity contribution >= 4 is 46.3 Å². The van der Waals surface area contributed by atoms with Crippen LogP contribution in [0.25, 0.3) is 6.08 Å². The van der Waals surface area contributed by atoms with Crippen molar-refractivity contribution in [1.82, 2.24) is 4.90 Å². The highest BCUT2D eigenvalue weighted by molar-refractivity contribution is 8.26. The maximum Gasteiger partial charge on any atom is 0.303 e. The molecule has 0 radical (unpaired) electrons. The summed E-state index contributed by atoms with van der Waals surface area (Å²) in [4.78, 5) is 24.6. The molecule has 2 rings (SSSR count). The first-order valence-corrected chi connectivity index (χ1v) is 7.46. The van der Waals surface area contributed by atoms with E-state index in [1.54, 1.807) is 30.3 Å². The summed E-state index contributed by atoms with van der Waals surface area (Å²) in [6, 6.07) is 6.57. The lowest BCUT2D eigenvalue weighted by atomic mass is 10.2. The van der Waals surface area contributed by atoms with Gasteiger partial charge in [-0.25, -0.2) is 0 Å². The Morgan fingerprint density at radius 3 is 2.86 bits per heavy atom. The van der Waals surface area contributed by atoms with Gasteiger partial charge in [-0.15, -0.1) is 0 Å². The Morgan fingerprint density at radius 1 is 1.43 bits per heavy atom. The normalized spacial score (nSPS) is 16.8. The first kappa shape index (κ1) is 15.5. The van der Waals surface area contributed by atoms with Gasteiger partial charge in [0.15, 0.2) is 0 Å². The van der Waals surface area contributed by atoms with Crippen molar-refractivity contribution in [3.05, 3.63) is 34.7 Å². The van der Waals surface area contributed by atoms with Gasteiger partial charge in [-0.05, 0) is 30.2 Å². The standard InChI is InChI=1S/C14H13NO4S2/c16-10-4-1-3-9(7-10)8-11-13(19)15(14(20)21-11)6-2-5-12(17)18/h1,3-4,7-8,16H,2,5-6H2,(H,17,18)/b11-8+. The Kier molecular flexibility index (Phi) is 4.98. The van der Waals surface area contributed by atoms with Gasteiger partial charge in [0.05, 0.1) is 4.91 Å². The van der Waals surface area contributed by atoms with E-state index in [1.807, 2.05) is 0 Å². The molecule has 1 aromatic carbocycles. The molecule has 1 saturated heterocycles. The topological polar surface area (TPSA) is 77.8 Å². The highest BCUT2D eigenvalue weighted by Gasteiger charge is 2.31. The number of carboxylic acid groups (broad SMARTS) is 1. The number of thioether (sulfide) groups is 1. The van der Waals surface area contributed by atoms with Crippen LogP contribution >= 0.6 is 24.0 Å². The van der Waals surface area contributed by atoms with Crippen LogP contribution in [0, 0.1) is 0 Å². The number of carboxylic acids is 1. The molecule has 0 unspecified atom stereocenters. The molecule has 0 saturated carbocycles. The predicted molar refractivity (Wildman–Crippen MR) is 84.9 cm³/mol. The molecular weight excluding hydrogens is 310 g/mol. The molecule has 1 amide bonds. The predicted octanol–water partition coefficient (Wildman–Crippen LogP) is 2.46. The van der Waals surface area contributed by atoms with Crippen LogP contribution in [-0.4, -0.2) is 37.9 Å². The highest BCUT2D eigenvalue weighted by Crippen LogP contribution is 2.33. The fourth-order valence-corrected chi connectivity index (χ4v) is 3.16. The summed E-state index contributed by atoms with van der Waals surface area (Å²) in [6.45, 7) is 0.300. The zero-order chi connectivity index (χ0) is 15.4. The molecular formula is C14H13NO4S2. The van der Waals surface area contributed by atoms with E-state index < -0.39 is 5.97 Å². The molecule has 0 atom stereocenters. The summed E-state index contributed by atoms with van der Waals surface area (Å²) in [5.41, 5.74) is 0.709. The first-order valence-electron chi connectivity index (χ1n) is 6.23. The molecule has 0 aliphatic carbocycles. The van der Waals surface area contributed by atoms with Crippen LogP contribution in [0.1, 0.15) is 18.4 Å². The van der Waals surface area contributed by atoms with Crippen LogP contribution < -0.4 is 0 Å². The second-order valence-electron chi connectivity index (χ2n) is 4.43. The summed E-state index contributed by atoms with van der Waals surface area (Å²) in [6.07, 6.45) is 2.03. The number of hydrogen-bond donors (Lipinski definition) is 2. The first-order chi connectivity index (χ1) is 9.97. The lowest BCUT2D eigenvalue weighted by Gasteiger charge is -2.13. The number of phenolic OH excluding ortho intramolecular Hbond substituents is 1. The summed E-state index contributed by atoms with van der Waals surface area (Å²) >= 11 is 6.33. The maximum absolute atomic E-state index is 12.2. The molecule has 1 aromatic rings. The Labute approximate surface area is 131 Å². The van der Waals surface area contributed by atoms with Crippen LogP contribution in [0.4, 0.5) is 0 Å². The van der Waals surface area contributed by atoms with Crippen molar-refractivity contribution in [1.29, 1.82) is 0 Å². The average Bonchev–Trinajstić information content (AvgIpc) is 2.66. The van der Waals surface area contributed by atoms with Gasteiger partial charge in [-0.3, -0.25) is 14.5 Å². The van der Waals surface area contributed by atoms with Crippen molar-refractivity contribution in [2.24, 2.45) is 0 Å². The number of thiocarbonyl (C=S) groups is 1. The Balaban J connectivity index is 2.08. The van der Waals surface area contributed by atoms with E-state index in [0.29, 0.717) is 27.8 Å². The van der Waals surface area contributed by atoms with Crippen molar-refractivity contribution < 1.29 is 19.8 Å². The number of rotatable bonds is 5. The zero-order valence-corrected chi connectivity index (χ0v) is 12.6. The molecule has 7 heteroatoms. The summed E-state index contributed by atoms with van der Waals surface area (Å²) in [5.74, 6) is -0.991. The van der Waals surface area contributed by atoms with E-state index in [1.165, 1.54) is 16.7 Å². The van der Waals surface area contributed by atoms with Crippen LogP contribution in [0.15, 0.2) is 29.2 Å². The Hall–Kier alpha value is -1.86. The number of benzene rings is 1. The molecule has 21 heavy (non-hydrogen) atoms.